The third-order valence-electron chi connectivity index (χ3n) is 5.72. The van der Waals surface area contributed by atoms with Crippen LogP contribution in [0.15, 0.2) is 0 Å². The van der Waals surface area contributed by atoms with Gasteiger partial charge < -0.3 is 15.2 Å². The Kier molecular flexibility index (Phi) is 4.79. The molecule has 3 N–H and O–H groups in total. The van der Waals surface area contributed by atoms with Crippen molar-refractivity contribution in [2.75, 3.05) is 13.2 Å². The van der Waals surface area contributed by atoms with E-state index in [1.165, 1.54) is 0 Å². The van der Waals surface area contributed by atoms with Crippen molar-refractivity contribution < 1.29 is 24.2 Å². The van der Waals surface area contributed by atoms with Gasteiger partial charge in [0.15, 0.2) is 6.61 Å². The number of aliphatic hydroxyl groups is 1. The number of urea groups is 1. The summed E-state index contributed by atoms with van der Waals surface area (Å²) in [6, 6.07) is -0.584. The molecule has 25 heavy (non-hydrogen) atoms. The molecule has 3 amide bonds. The highest BCUT2D eigenvalue weighted by atomic mass is 16.5. The number of ether oxygens (including phenoxy) is 1. The lowest BCUT2D eigenvalue weighted by Crippen LogP contribution is -2.58. The molecule has 4 fully saturated rings. The van der Waals surface area contributed by atoms with E-state index in [9.17, 15) is 19.5 Å². The molecule has 0 radical (unpaired) electrons. The first-order valence-electron chi connectivity index (χ1n) is 9.17. The van der Waals surface area contributed by atoms with Gasteiger partial charge in [0.05, 0.1) is 11.0 Å². The van der Waals surface area contributed by atoms with Gasteiger partial charge in [0, 0.05) is 6.54 Å². The van der Waals surface area contributed by atoms with Crippen LogP contribution in [0.25, 0.3) is 0 Å². The Morgan fingerprint density at radius 2 is 1.80 bits per heavy atom. The number of carbonyl (C=O) groups excluding carboxylic acids is 3. The van der Waals surface area contributed by atoms with Crippen molar-refractivity contribution in [1.29, 1.82) is 0 Å². The average Bonchev–Trinajstić information content (AvgIpc) is 2.48. The molecule has 0 aromatic rings. The second-order valence-electron chi connectivity index (χ2n) is 8.69. The molecule has 2 unspecified atom stereocenters. The van der Waals surface area contributed by atoms with Gasteiger partial charge in [-0.1, -0.05) is 13.8 Å². The summed E-state index contributed by atoms with van der Waals surface area (Å²) in [6.07, 6.45) is 4.53. The van der Waals surface area contributed by atoms with Gasteiger partial charge in [-0.2, -0.15) is 0 Å². The van der Waals surface area contributed by atoms with Crippen LogP contribution in [0.3, 0.4) is 0 Å². The number of hydrogen-bond donors (Lipinski definition) is 3. The summed E-state index contributed by atoms with van der Waals surface area (Å²) in [4.78, 5) is 36.0. The van der Waals surface area contributed by atoms with Gasteiger partial charge in [-0.3, -0.25) is 14.9 Å². The molecule has 0 aromatic heterocycles. The van der Waals surface area contributed by atoms with Crippen LogP contribution in [-0.2, 0) is 14.3 Å². The first-order valence-corrected chi connectivity index (χ1v) is 9.17. The lowest BCUT2D eigenvalue weighted by atomic mass is 9.48. The molecular formula is C18H28N2O5. The number of esters is 1. The van der Waals surface area contributed by atoms with Crippen LogP contribution in [0, 0.1) is 23.2 Å². The fraction of sp³-hybridized carbons (Fsp3) is 0.833. The third kappa shape index (κ3) is 3.97. The molecule has 4 aliphatic rings. The number of nitrogens with one attached hydrogen (secondary N) is 2. The summed E-state index contributed by atoms with van der Waals surface area (Å²) < 4.78 is 5.22. The van der Waals surface area contributed by atoms with Gasteiger partial charge >= 0.3 is 12.0 Å². The zero-order valence-electron chi connectivity index (χ0n) is 15.0. The minimum absolute atomic E-state index is 0.278. The fourth-order valence-electron chi connectivity index (χ4n) is 5.24. The molecule has 0 aromatic carbocycles. The van der Waals surface area contributed by atoms with Crippen molar-refractivity contribution >= 4 is 17.9 Å². The van der Waals surface area contributed by atoms with Crippen LogP contribution in [0.1, 0.15) is 52.4 Å². The van der Waals surface area contributed by atoms with Gasteiger partial charge in [-0.05, 0) is 56.3 Å². The highest BCUT2D eigenvalue weighted by molar-refractivity contribution is 5.95. The molecule has 4 rings (SSSR count). The van der Waals surface area contributed by atoms with E-state index >= 15 is 0 Å². The van der Waals surface area contributed by atoms with E-state index < -0.39 is 35.5 Å². The molecule has 4 bridgehead atoms. The first-order chi connectivity index (χ1) is 11.7. The number of carbonyl (C=O) groups is 3. The molecule has 0 heterocycles. The van der Waals surface area contributed by atoms with E-state index in [1.807, 2.05) is 13.8 Å². The minimum Gasteiger partial charge on any atom is -0.455 e. The maximum absolute atomic E-state index is 12.6. The Hall–Kier alpha value is -1.63. The summed E-state index contributed by atoms with van der Waals surface area (Å²) in [5, 5.41) is 15.4. The smallest absolute Gasteiger partial charge is 0.321 e. The maximum Gasteiger partial charge on any atom is 0.321 e. The number of hydrogen-bond acceptors (Lipinski definition) is 5. The molecule has 4 saturated carbocycles. The van der Waals surface area contributed by atoms with E-state index in [-0.39, 0.29) is 5.92 Å². The summed E-state index contributed by atoms with van der Waals surface area (Å²) in [5.74, 6) is -0.0275. The van der Waals surface area contributed by atoms with Crippen LogP contribution in [0.2, 0.25) is 0 Å². The zero-order valence-corrected chi connectivity index (χ0v) is 15.0. The monoisotopic (exact) mass is 352 g/mol. The molecule has 7 nitrogen and oxygen atoms in total. The summed E-state index contributed by atoms with van der Waals surface area (Å²) >= 11 is 0. The first kappa shape index (κ1) is 18.2. The second-order valence-corrected chi connectivity index (χ2v) is 8.69. The number of rotatable bonds is 5. The molecule has 4 atom stereocenters. The van der Waals surface area contributed by atoms with Crippen LogP contribution >= 0.6 is 0 Å². The Morgan fingerprint density at radius 3 is 2.36 bits per heavy atom. The lowest BCUT2D eigenvalue weighted by molar-refractivity contribution is -0.196. The van der Waals surface area contributed by atoms with Crippen LogP contribution < -0.4 is 10.6 Å². The van der Waals surface area contributed by atoms with Crippen molar-refractivity contribution in [3.05, 3.63) is 0 Å². The largest absolute Gasteiger partial charge is 0.455 e. The van der Waals surface area contributed by atoms with E-state index in [2.05, 4.69) is 10.6 Å². The van der Waals surface area contributed by atoms with E-state index in [0.29, 0.717) is 24.8 Å². The predicted octanol–water partition coefficient (Wildman–Crippen LogP) is 1.34. The van der Waals surface area contributed by atoms with Crippen molar-refractivity contribution in [2.24, 2.45) is 23.2 Å². The molecule has 0 spiro atoms. The Bertz CT molecular complexity index is 560. The molecule has 4 aliphatic carbocycles. The van der Waals surface area contributed by atoms with Crippen molar-refractivity contribution in [1.82, 2.24) is 10.6 Å². The molecule has 0 aliphatic heterocycles. The topological polar surface area (TPSA) is 105 Å². The van der Waals surface area contributed by atoms with Gasteiger partial charge in [0.1, 0.15) is 0 Å². The number of amides is 3. The van der Waals surface area contributed by atoms with Crippen molar-refractivity contribution in [3.8, 4) is 0 Å². The highest BCUT2D eigenvalue weighted by Gasteiger charge is 2.60. The fourth-order valence-corrected chi connectivity index (χ4v) is 5.24. The standard InChI is InChI=1S/C18H28N2O5/c1-11(2)8-19-16(23)20-14(21)9-25-15(22)17-4-12-3-13(5-17)7-18(24,6-12)10-17/h11-13,24H,3-10H2,1-2H3,(H2,19,20,21,23)/t12-,13+,17?,18?. The van der Waals surface area contributed by atoms with E-state index in [4.69, 9.17) is 4.74 Å². The quantitative estimate of drug-likeness (QED) is 0.648. The SMILES string of the molecule is CC(C)CNC(=O)NC(=O)COC(=O)C12C[C@@H]3C[C@@H](CC(O)(C3)C1)C2. The Balaban J connectivity index is 1.50. The van der Waals surface area contributed by atoms with Gasteiger partial charge in [-0.15, -0.1) is 0 Å². The summed E-state index contributed by atoms with van der Waals surface area (Å²) in [7, 11) is 0. The Morgan fingerprint density at radius 1 is 1.16 bits per heavy atom. The average molecular weight is 352 g/mol. The number of imide groups is 1. The zero-order chi connectivity index (χ0) is 18.2. The van der Waals surface area contributed by atoms with Gasteiger partial charge in [0.2, 0.25) is 0 Å². The van der Waals surface area contributed by atoms with Crippen LogP contribution in [0.4, 0.5) is 4.79 Å². The molecule has 7 heteroatoms. The highest BCUT2D eigenvalue weighted by Crippen LogP contribution is 2.61. The minimum atomic E-state index is -0.748. The van der Waals surface area contributed by atoms with Crippen molar-refractivity contribution in [3.63, 3.8) is 0 Å². The Labute approximate surface area is 147 Å². The third-order valence-corrected chi connectivity index (χ3v) is 5.72. The van der Waals surface area contributed by atoms with E-state index in [0.717, 1.165) is 32.1 Å². The van der Waals surface area contributed by atoms with Crippen LogP contribution in [-0.4, -0.2) is 41.8 Å². The van der Waals surface area contributed by atoms with Crippen LogP contribution in [0.5, 0.6) is 0 Å². The summed E-state index contributed by atoms with van der Waals surface area (Å²) in [6.45, 7) is 3.89. The molecule has 0 saturated heterocycles. The van der Waals surface area contributed by atoms with Crippen molar-refractivity contribution in [2.45, 2.75) is 58.0 Å². The molecule has 140 valence electrons. The normalized spacial score (nSPS) is 35.5. The van der Waals surface area contributed by atoms with E-state index in [1.54, 1.807) is 0 Å². The second kappa shape index (κ2) is 6.59. The van der Waals surface area contributed by atoms with Gasteiger partial charge in [0.25, 0.3) is 5.91 Å². The lowest BCUT2D eigenvalue weighted by Gasteiger charge is -2.58. The molecular weight excluding hydrogens is 324 g/mol. The van der Waals surface area contributed by atoms with Gasteiger partial charge in [-0.25, -0.2) is 4.79 Å². The predicted molar refractivity (Wildman–Crippen MR) is 89.4 cm³/mol. The maximum atomic E-state index is 12.6. The summed E-state index contributed by atoms with van der Waals surface area (Å²) in [5.41, 5.74) is -1.40.